The van der Waals surface area contributed by atoms with E-state index in [4.69, 9.17) is 14.3 Å². The van der Waals surface area contributed by atoms with Gasteiger partial charge < -0.3 is 9.47 Å². The van der Waals surface area contributed by atoms with Crippen molar-refractivity contribution in [1.29, 1.82) is 0 Å². The SMILES string of the molecule is CCC(C)(NCc1ccc(C=CC(=O)NOC(C)OCC(C)C)cc1)C(=O)OC1CCCC1. The molecule has 2 unspecified atom stereocenters. The van der Waals surface area contributed by atoms with Crippen LogP contribution in [-0.2, 0) is 30.4 Å². The third-order valence-electron chi connectivity index (χ3n) is 5.81. The van der Waals surface area contributed by atoms with Gasteiger partial charge in [0, 0.05) is 12.6 Å². The highest BCUT2D eigenvalue weighted by Gasteiger charge is 2.34. The summed E-state index contributed by atoms with van der Waals surface area (Å²) in [6.07, 6.45) is 7.53. The van der Waals surface area contributed by atoms with Gasteiger partial charge in [0.2, 0.25) is 0 Å². The van der Waals surface area contributed by atoms with Crippen molar-refractivity contribution in [2.24, 2.45) is 5.92 Å². The Hall–Kier alpha value is -2.22. The molecule has 0 spiro atoms. The van der Waals surface area contributed by atoms with Crippen LogP contribution in [-0.4, -0.2) is 36.4 Å². The molecule has 7 heteroatoms. The molecule has 2 rings (SSSR count). The van der Waals surface area contributed by atoms with Crippen molar-refractivity contribution in [1.82, 2.24) is 10.8 Å². The van der Waals surface area contributed by atoms with Crippen molar-refractivity contribution in [2.45, 2.75) is 91.2 Å². The van der Waals surface area contributed by atoms with Crippen LogP contribution in [0, 0.1) is 5.92 Å². The molecule has 0 aromatic heterocycles. The zero-order valence-electron chi connectivity index (χ0n) is 20.7. The van der Waals surface area contributed by atoms with Gasteiger partial charge in [0.05, 0.1) is 6.61 Å². The summed E-state index contributed by atoms with van der Waals surface area (Å²) >= 11 is 0. The number of rotatable bonds is 13. The van der Waals surface area contributed by atoms with E-state index < -0.39 is 11.8 Å². The molecule has 1 aromatic carbocycles. The summed E-state index contributed by atoms with van der Waals surface area (Å²) in [5.41, 5.74) is 3.58. The number of nitrogens with one attached hydrogen (secondary N) is 2. The van der Waals surface area contributed by atoms with E-state index in [1.165, 1.54) is 6.08 Å². The molecular weight excluding hydrogens is 420 g/mol. The van der Waals surface area contributed by atoms with E-state index >= 15 is 0 Å². The maximum absolute atomic E-state index is 12.7. The van der Waals surface area contributed by atoms with E-state index in [0.717, 1.165) is 36.8 Å². The highest BCUT2D eigenvalue weighted by atomic mass is 16.8. The van der Waals surface area contributed by atoms with Crippen molar-refractivity contribution in [2.75, 3.05) is 6.61 Å². The smallest absolute Gasteiger partial charge is 0.326 e. The molecule has 2 N–H and O–H groups in total. The molecule has 1 saturated carbocycles. The number of carbonyl (C=O) groups excluding carboxylic acids is 2. The van der Waals surface area contributed by atoms with E-state index in [-0.39, 0.29) is 18.0 Å². The van der Waals surface area contributed by atoms with Crippen LogP contribution in [0.5, 0.6) is 0 Å². The summed E-state index contributed by atoms with van der Waals surface area (Å²) in [5.74, 6) is -0.139. The standard InChI is InChI=1S/C26H40N2O5/c1-6-26(5,25(30)32-23-9-7-8-10-23)27-17-22-13-11-21(12-14-22)15-16-24(29)28-33-20(4)31-18-19(2)3/h11-16,19-20,23,27H,6-10,17-18H2,1-5H3,(H,28,29). The molecule has 1 aliphatic rings. The maximum atomic E-state index is 12.7. The molecule has 0 bridgehead atoms. The predicted octanol–water partition coefficient (Wildman–Crippen LogP) is 4.51. The van der Waals surface area contributed by atoms with Gasteiger partial charge in [-0.25, -0.2) is 10.3 Å². The number of ether oxygens (including phenoxy) is 2. The zero-order chi connectivity index (χ0) is 24.3. The number of hydrogen-bond donors (Lipinski definition) is 2. The van der Waals surface area contributed by atoms with E-state index in [2.05, 4.69) is 10.8 Å². The molecule has 2 atom stereocenters. The van der Waals surface area contributed by atoms with E-state index in [1.807, 2.05) is 52.0 Å². The minimum Gasteiger partial charge on any atom is -0.461 e. The molecule has 184 valence electrons. The highest BCUT2D eigenvalue weighted by Crippen LogP contribution is 2.24. The van der Waals surface area contributed by atoms with Gasteiger partial charge in [-0.2, -0.15) is 0 Å². The Balaban J connectivity index is 1.79. The van der Waals surface area contributed by atoms with Crippen molar-refractivity contribution < 1.29 is 23.9 Å². The molecule has 7 nitrogen and oxygen atoms in total. The fourth-order valence-electron chi connectivity index (χ4n) is 3.38. The average molecular weight is 461 g/mol. The van der Waals surface area contributed by atoms with Gasteiger partial charge in [0.15, 0.2) is 6.29 Å². The summed E-state index contributed by atoms with van der Waals surface area (Å²) < 4.78 is 11.2. The van der Waals surface area contributed by atoms with Gasteiger partial charge in [-0.15, -0.1) is 0 Å². The number of hydrogen-bond acceptors (Lipinski definition) is 6. The van der Waals surface area contributed by atoms with Crippen LogP contribution in [0.25, 0.3) is 6.08 Å². The Morgan fingerprint density at radius 3 is 2.42 bits per heavy atom. The van der Waals surface area contributed by atoms with Crippen LogP contribution in [0.4, 0.5) is 0 Å². The lowest BCUT2D eigenvalue weighted by Crippen LogP contribution is -2.50. The summed E-state index contributed by atoms with van der Waals surface area (Å²) in [5, 5.41) is 3.36. The van der Waals surface area contributed by atoms with Crippen molar-refractivity contribution in [3.63, 3.8) is 0 Å². The minimum atomic E-state index is -0.713. The van der Waals surface area contributed by atoms with Gasteiger partial charge in [0.1, 0.15) is 11.6 Å². The van der Waals surface area contributed by atoms with Gasteiger partial charge >= 0.3 is 5.97 Å². The first-order chi connectivity index (χ1) is 15.7. The lowest BCUT2D eigenvalue weighted by Gasteiger charge is -2.29. The summed E-state index contributed by atoms with van der Waals surface area (Å²) in [6.45, 7) is 10.8. The summed E-state index contributed by atoms with van der Waals surface area (Å²) in [7, 11) is 0. The van der Waals surface area contributed by atoms with Gasteiger partial charge in [0.25, 0.3) is 5.91 Å². The quantitative estimate of drug-likeness (QED) is 0.195. The lowest BCUT2D eigenvalue weighted by atomic mass is 9.98. The predicted molar refractivity (Wildman–Crippen MR) is 129 cm³/mol. The van der Waals surface area contributed by atoms with Crippen LogP contribution in [0.15, 0.2) is 30.3 Å². The fourth-order valence-corrected chi connectivity index (χ4v) is 3.38. The zero-order valence-corrected chi connectivity index (χ0v) is 20.7. The van der Waals surface area contributed by atoms with Crippen molar-refractivity contribution in [3.05, 3.63) is 41.5 Å². The highest BCUT2D eigenvalue weighted by molar-refractivity contribution is 5.90. The second kappa shape index (κ2) is 13.5. The molecule has 1 amide bonds. The molecule has 1 aliphatic carbocycles. The Bertz CT molecular complexity index is 771. The first-order valence-electron chi connectivity index (χ1n) is 12.0. The normalized spacial score (nSPS) is 17.3. The number of hydroxylamine groups is 1. The molecule has 0 heterocycles. The largest absolute Gasteiger partial charge is 0.461 e. The van der Waals surface area contributed by atoms with Crippen LogP contribution >= 0.6 is 0 Å². The first kappa shape index (κ1) is 27.0. The third-order valence-corrected chi connectivity index (χ3v) is 5.81. The Morgan fingerprint density at radius 1 is 1.15 bits per heavy atom. The monoisotopic (exact) mass is 460 g/mol. The Kier molecular flexibility index (Phi) is 11.0. The van der Waals surface area contributed by atoms with E-state index in [0.29, 0.717) is 25.5 Å². The number of benzene rings is 1. The van der Waals surface area contributed by atoms with Crippen LogP contribution in [0.3, 0.4) is 0 Å². The van der Waals surface area contributed by atoms with Crippen LogP contribution in [0.1, 0.15) is 77.8 Å². The maximum Gasteiger partial charge on any atom is 0.326 e. The van der Waals surface area contributed by atoms with Crippen LogP contribution in [0.2, 0.25) is 0 Å². The van der Waals surface area contributed by atoms with E-state index in [1.54, 1.807) is 13.0 Å². The second-order valence-electron chi connectivity index (χ2n) is 9.30. The summed E-state index contributed by atoms with van der Waals surface area (Å²) in [6, 6.07) is 7.80. The van der Waals surface area contributed by atoms with Gasteiger partial charge in [-0.3, -0.25) is 14.9 Å². The minimum absolute atomic E-state index is 0.0645. The molecular formula is C26H40N2O5. The molecule has 1 fully saturated rings. The Morgan fingerprint density at radius 2 is 1.82 bits per heavy atom. The fraction of sp³-hybridized carbons (Fsp3) is 0.615. The Labute approximate surface area is 198 Å². The number of carbonyl (C=O) groups is 2. The van der Waals surface area contributed by atoms with E-state index in [9.17, 15) is 9.59 Å². The van der Waals surface area contributed by atoms with Gasteiger partial charge in [-0.1, -0.05) is 45.0 Å². The third kappa shape index (κ3) is 9.66. The van der Waals surface area contributed by atoms with Crippen molar-refractivity contribution >= 4 is 18.0 Å². The molecule has 1 aromatic rings. The molecule has 0 aliphatic heterocycles. The molecule has 0 radical (unpaired) electrons. The topological polar surface area (TPSA) is 85.9 Å². The first-order valence-corrected chi connectivity index (χ1v) is 12.0. The molecule has 33 heavy (non-hydrogen) atoms. The number of amides is 1. The lowest BCUT2D eigenvalue weighted by molar-refractivity contribution is -0.180. The second-order valence-corrected chi connectivity index (χ2v) is 9.30. The van der Waals surface area contributed by atoms with Gasteiger partial charge in [-0.05, 0) is 69.1 Å². The number of esters is 1. The average Bonchev–Trinajstić information content (AvgIpc) is 3.32. The van der Waals surface area contributed by atoms with Crippen molar-refractivity contribution in [3.8, 4) is 0 Å². The van der Waals surface area contributed by atoms with Crippen LogP contribution < -0.4 is 10.8 Å². The summed E-state index contributed by atoms with van der Waals surface area (Å²) in [4.78, 5) is 29.8. The molecule has 0 saturated heterocycles.